The predicted molar refractivity (Wildman–Crippen MR) is 317 cm³/mol. The molecule has 0 spiro atoms. The number of piperidine rings is 2. The number of benzene rings is 2. The van der Waals surface area contributed by atoms with E-state index in [1.165, 1.54) is 7.05 Å². The highest BCUT2D eigenvalue weighted by molar-refractivity contribution is 6.39. The van der Waals surface area contributed by atoms with Crippen molar-refractivity contribution in [1.29, 1.82) is 0 Å². The minimum atomic E-state index is -1.11. The molecular formula is C60H65Cl2N15O5. The van der Waals surface area contributed by atoms with Crippen LogP contribution in [0.1, 0.15) is 77.4 Å². The van der Waals surface area contributed by atoms with Crippen molar-refractivity contribution in [3.63, 3.8) is 0 Å². The third-order valence-electron chi connectivity index (χ3n) is 15.8. The van der Waals surface area contributed by atoms with Crippen molar-refractivity contribution in [2.24, 2.45) is 5.92 Å². The van der Waals surface area contributed by atoms with Crippen LogP contribution in [-0.2, 0) is 25.7 Å². The van der Waals surface area contributed by atoms with Crippen molar-refractivity contribution < 1.29 is 24.0 Å². The van der Waals surface area contributed by atoms with E-state index in [9.17, 15) is 24.0 Å². The van der Waals surface area contributed by atoms with Crippen LogP contribution >= 0.6 is 23.2 Å². The number of aryl methyl sites for hydroxylation is 1. The first-order valence-electron chi connectivity index (χ1n) is 27.6. The first-order valence-corrected chi connectivity index (χ1v) is 28.4. The number of aldehydes is 1. The molecule has 424 valence electrons. The molecule has 2 aromatic carbocycles. The Morgan fingerprint density at radius 3 is 2.33 bits per heavy atom. The molecule has 1 unspecified atom stereocenters. The van der Waals surface area contributed by atoms with Gasteiger partial charge in [0.2, 0.25) is 18.2 Å². The zero-order chi connectivity index (χ0) is 57.4. The molecule has 0 saturated carbocycles. The number of piperazine rings is 1. The summed E-state index contributed by atoms with van der Waals surface area (Å²) in [5.41, 5.74) is 14.0. The van der Waals surface area contributed by atoms with Gasteiger partial charge in [0.1, 0.15) is 35.3 Å². The van der Waals surface area contributed by atoms with Gasteiger partial charge in [0, 0.05) is 125 Å². The van der Waals surface area contributed by atoms with Crippen molar-refractivity contribution in [3.05, 3.63) is 130 Å². The molecule has 3 aliphatic rings. The van der Waals surface area contributed by atoms with Crippen molar-refractivity contribution in [1.82, 2.24) is 54.3 Å². The Balaban J connectivity index is 0.651. The predicted octanol–water partition coefficient (Wildman–Crippen LogP) is 7.14. The molecule has 0 aliphatic carbocycles. The SMILES string of the molecule is CNC(=O)C(CCC=O)N(C=O)C(=O)c1cccc(NCc2cnn(C3CCN(C(=O)C4CCN(c5ccc(C#CCN6CCN(c7c(Cl)cc(-n8c(C)nc9ccc(-c%10ccnc(N)c%10)nc98)cc7Cl)CC6)cn5)CC4)CC3)c2)c1C. The number of hydrogen-bond acceptors (Lipinski definition) is 15. The molecule has 0 bridgehead atoms. The summed E-state index contributed by atoms with van der Waals surface area (Å²) in [4.78, 5) is 91.3. The van der Waals surface area contributed by atoms with Gasteiger partial charge in [-0.05, 0) is 112 Å². The zero-order valence-electron chi connectivity index (χ0n) is 46.1. The number of likely N-dealkylation sites (tertiary alicyclic amines) is 1. The molecule has 1 atom stereocenters. The Morgan fingerprint density at radius 1 is 0.866 bits per heavy atom. The van der Waals surface area contributed by atoms with E-state index in [1.807, 2.05) is 88.2 Å². The lowest BCUT2D eigenvalue weighted by atomic mass is 9.93. The lowest BCUT2D eigenvalue weighted by molar-refractivity contribution is -0.137. The van der Waals surface area contributed by atoms with E-state index in [0.717, 1.165) is 121 Å². The van der Waals surface area contributed by atoms with Crippen LogP contribution < -0.4 is 26.2 Å². The number of imidazole rings is 1. The van der Waals surface area contributed by atoms with Crippen molar-refractivity contribution in [2.75, 3.05) is 86.8 Å². The number of pyridine rings is 3. The number of carbonyl (C=O) groups excluding carboxylic acids is 5. The minimum Gasteiger partial charge on any atom is -0.384 e. The smallest absolute Gasteiger partial charge is 0.261 e. The van der Waals surface area contributed by atoms with E-state index >= 15 is 0 Å². The second-order valence-corrected chi connectivity index (χ2v) is 21.7. The lowest BCUT2D eigenvalue weighted by Gasteiger charge is -2.37. The summed E-state index contributed by atoms with van der Waals surface area (Å²) >= 11 is 14.0. The summed E-state index contributed by atoms with van der Waals surface area (Å²) in [5.74, 6) is 7.76. The molecule has 7 aromatic rings. The first kappa shape index (κ1) is 56.9. The fraction of sp³-hybridized carbons (Fsp3) is 0.367. The Labute approximate surface area is 486 Å². The van der Waals surface area contributed by atoms with Crippen LogP contribution in [-0.4, -0.2) is 151 Å². The van der Waals surface area contributed by atoms with Gasteiger partial charge in [-0.1, -0.05) is 41.1 Å². The van der Waals surface area contributed by atoms with Gasteiger partial charge in [0.25, 0.3) is 5.91 Å². The third kappa shape index (κ3) is 12.6. The van der Waals surface area contributed by atoms with Crippen LogP contribution in [0.15, 0.2) is 91.5 Å². The summed E-state index contributed by atoms with van der Waals surface area (Å²) in [5, 5.41) is 11.6. The number of rotatable bonds is 17. The molecule has 20 nitrogen and oxygen atoms in total. The number of nitrogens with one attached hydrogen (secondary N) is 2. The molecule has 22 heteroatoms. The molecule has 0 radical (unpaired) electrons. The maximum atomic E-state index is 13.8. The molecule has 4 N–H and O–H groups in total. The van der Waals surface area contributed by atoms with E-state index in [1.54, 1.807) is 31.3 Å². The average Bonchev–Trinajstić information content (AvgIpc) is 4.30. The van der Waals surface area contributed by atoms with Crippen LogP contribution in [0, 0.1) is 31.6 Å². The number of carbonyl (C=O) groups is 5. The summed E-state index contributed by atoms with van der Waals surface area (Å²) in [6, 6.07) is 19.6. The molecule has 3 saturated heterocycles. The number of nitrogens with two attached hydrogens (primary N) is 1. The van der Waals surface area contributed by atoms with Crippen LogP contribution in [0.4, 0.5) is 23.0 Å². The standard InChI is InChI=1S/C60H65Cl2N15O5/c1-39-47(60(82)75(38-79)53(10-6-30-78)58(80)64-3)8-4-9-50(39)66-35-42-36-68-76(37-42)45-18-24-74(25-19-45)59(81)43-16-22-72(23-17-43)55-14-11-41(34-67-55)7-5-21-71-26-28-73(29-27-71)56-48(61)32-46(33-49(56)62)77-40(2)69-52-13-12-51(70-57(52)77)44-15-20-65-54(63)31-44/h4,8-9,11-15,20,30-34,36-38,43,45,53,66H,6,10,16-19,21-29,35H2,1-3H3,(H2,63,65)(H,64,80). The van der Waals surface area contributed by atoms with Crippen LogP contribution in [0.3, 0.4) is 0 Å². The van der Waals surface area contributed by atoms with Gasteiger partial charge in [-0.15, -0.1) is 0 Å². The molecule has 3 aliphatic heterocycles. The van der Waals surface area contributed by atoms with Gasteiger partial charge in [-0.3, -0.25) is 38.2 Å². The topological polar surface area (TPSA) is 226 Å². The maximum Gasteiger partial charge on any atom is 0.261 e. The monoisotopic (exact) mass is 1150 g/mol. The largest absolute Gasteiger partial charge is 0.384 e. The summed E-state index contributed by atoms with van der Waals surface area (Å²) in [6.07, 6.45) is 11.5. The minimum absolute atomic E-state index is 0.0212. The highest BCUT2D eigenvalue weighted by Crippen LogP contribution is 2.38. The van der Waals surface area contributed by atoms with Gasteiger partial charge in [0.05, 0.1) is 45.9 Å². The van der Waals surface area contributed by atoms with Gasteiger partial charge in [-0.2, -0.15) is 5.10 Å². The number of nitrogens with zero attached hydrogens (tertiary/aromatic N) is 12. The molecule has 3 fully saturated rings. The van der Waals surface area contributed by atoms with E-state index in [2.05, 4.69) is 47.3 Å². The van der Waals surface area contributed by atoms with Gasteiger partial charge >= 0.3 is 0 Å². The molecule has 10 rings (SSSR count). The Bertz CT molecular complexity index is 3530. The second-order valence-electron chi connectivity index (χ2n) is 20.9. The van der Waals surface area contributed by atoms with Crippen LogP contribution in [0.2, 0.25) is 10.0 Å². The van der Waals surface area contributed by atoms with Gasteiger partial charge in [-0.25, -0.2) is 19.9 Å². The number of amides is 4. The van der Waals surface area contributed by atoms with Crippen molar-refractivity contribution in [2.45, 2.75) is 71.0 Å². The highest BCUT2D eigenvalue weighted by Gasteiger charge is 2.33. The Kier molecular flexibility index (Phi) is 17.8. The molecule has 4 amide bonds. The number of aromatic nitrogens is 7. The van der Waals surface area contributed by atoms with E-state index in [4.69, 9.17) is 43.9 Å². The van der Waals surface area contributed by atoms with Crippen LogP contribution in [0.5, 0.6) is 0 Å². The number of fused-ring (bicyclic) bond motifs is 1. The summed E-state index contributed by atoms with van der Waals surface area (Å²) in [6.45, 7) is 10.7. The van der Waals surface area contributed by atoms with Crippen molar-refractivity contribution in [3.8, 4) is 28.8 Å². The number of likely N-dealkylation sites (N-methyl/N-ethyl adjacent to an activating group) is 1. The zero-order valence-corrected chi connectivity index (χ0v) is 47.6. The quantitative estimate of drug-likeness (QED) is 0.0609. The van der Waals surface area contributed by atoms with E-state index in [-0.39, 0.29) is 36.3 Å². The third-order valence-corrected chi connectivity index (χ3v) is 16.4. The van der Waals surface area contributed by atoms with Gasteiger partial charge < -0.3 is 35.9 Å². The molecule has 5 aromatic heterocycles. The normalized spacial score (nSPS) is 15.6. The maximum absolute atomic E-state index is 13.8. The molecular weight excluding hydrogens is 1080 g/mol. The molecule has 82 heavy (non-hydrogen) atoms. The number of imide groups is 1. The average molecular weight is 1150 g/mol. The fourth-order valence-electron chi connectivity index (χ4n) is 11.2. The number of halogens is 2. The number of nitrogen functional groups attached to an aromatic ring is 1. The second kappa shape index (κ2) is 25.6. The summed E-state index contributed by atoms with van der Waals surface area (Å²) in [7, 11) is 1.42. The van der Waals surface area contributed by atoms with E-state index < -0.39 is 17.9 Å². The number of hydrogen-bond donors (Lipinski definition) is 3. The Morgan fingerprint density at radius 2 is 1.63 bits per heavy atom. The summed E-state index contributed by atoms with van der Waals surface area (Å²) < 4.78 is 3.95. The highest BCUT2D eigenvalue weighted by atomic mass is 35.5. The fourth-order valence-corrected chi connectivity index (χ4v) is 12.0. The van der Waals surface area contributed by atoms with E-state index in [0.29, 0.717) is 71.6 Å². The lowest BCUT2D eigenvalue weighted by Crippen LogP contribution is -2.48. The van der Waals surface area contributed by atoms with Gasteiger partial charge in [0.15, 0.2) is 5.65 Å². The number of anilines is 4. The Hall–Kier alpha value is -8.38. The van der Waals surface area contributed by atoms with Crippen LogP contribution in [0.25, 0.3) is 28.1 Å². The first-order chi connectivity index (χ1) is 39.8. The van der Waals surface area contributed by atoms with Crippen molar-refractivity contribution >= 4 is 87.8 Å². The molecule has 8 heterocycles.